The highest BCUT2D eigenvalue weighted by Gasteiger charge is 2.12. The highest BCUT2D eigenvalue weighted by Crippen LogP contribution is 2.30. The van der Waals surface area contributed by atoms with Crippen LogP contribution in [0.2, 0.25) is 0 Å². The maximum atomic E-state index is 6.05. The number of hydrogen-bond acceptors (Lipinski definition) is 3. The van der Waals surface area contributed by atoms with Gasteiger partial charge in [0.05, 0.1) is 28.3 Å². The average Bonchev–Trinajstić information content (AvgIpc) is 2.64. The van der Waals surface area contributed by atoms with Crippen LogP contribution in [0.25, 0.3) is 0 Å². The molecule has 0 saturated carbocycles. The summed E-state index contributed by atoms with van der Waals surface area (Å²) in [7, 11) is 2.00. The van der Waals surface area contributed by atoms with E-state index in [1.165, 1.54) is 5.56 Å². The van der Waals surface area contributed by atoms with E-state index in [1.54, 1.807) is 0 Å². The number of halogens is 1. The minimum atomic E-state index is 0.113. The molecule has 140 valence electrons. The van der Waals surface area contributed by atoms with Crippen molar-refractivity contribution in [3.05, 3.63) is 52.1 Å². The van der Waals surface area contributed by atoms with E-state index < -0.39 is 0 Å². The normalized spacial score (nSPS) is 12.3. The minimum absolute atomic E-state index is 0.113. The summed E-state index contributed by atoms with van der Waals surface area (Å²) in [6.45, 7) is 7.05. The SMILES string of the molecule is CCN(C)/C=N/c1cc(Br)c(OC(C)CCCc2ccccc2)nc1C. The van der Waals surface area contributed by atoms with Crippen LogP contribution in [0.15, 0.2) is 45.9 Å². The van der Waals surface area contributed by atoms with Gasteiger partial charge < -0.3 is 9.64 Å². The Morgan fingerprint density at radius 1 is 1.31 bits per heavy atom. The lowest BCUT2D eigenvalue weighted by molar-refractivity contribution is 0.198. The predicted octanol–water partition coefficient (Wildman–Crippen LogP) is 5.55. The van der Waals surface area contributed by atoms with Crippen molar-refractivity contribution in [2.45, 2.75) is 46.1 Å². The lowest BCUT2D eigenvalue weighted by atomic mass is 10.1. The Kier molecular flexibility index (Phi) is 8.10. The summed E-state index contributed by atoms with van der Waals surface area (Å²) in [6, 6.07) is 12.5. The fourth-order valence-corrected chi connectivity index (χ4v) is 2.89. The Morgan fingerprint density at radius 2 is 2.04 bits per heavy atom. The largest absolute Gasteiger partial charge is 0.474 e. The number of ether oxygens (including phenoxy) is 1. The fraction of sp³-hybridized carbons (Fsp3) is 0.429. The van der Waals surface area contributed by atoms with Crippen molar-refractivity contribution in [2.24, 2.45) is 4.99 Å². The van der Waals surface area contributed by atoms with Crippen LogP contribution >= 0.6 is 15.9 Å². The minimum Gasteiger partial charge on any atom is -0.474 e. The van der Waals surface area contributed by atoms with E-state index in [4.69, 9.17) is 4.74 Å². The summed E-state index contributed by atoms with van der Waals surface area (Å²) in [5.41, 5.74) is 3.08. The van der Waals surface area contributed by atoms with Crippen LogP contribution in [-0.4, -0.2) is 35.9 Å². The van der Waals surface area contributed by atoms with Crippen molar-refractivity contribution in [1.29, 1.82) is 0 Å². The van der Waals surface area contributed by atoms with E-state index in [0.717, 1.165) is 41.7 Å². The van der Waals surface area contributed by atoms with Gasteiger partial charge in [-0.15, -0.1) is 0 Å². The van der Waals surface area contributed by atoms with Crippen LogP contribution in [0.3, 0.4) is 0 Å². The summed E-state index contributed by atoms with van der Waals surface area (Å²) in [5.74, 6) is 0.637. The first kappa shape index (κ1) is 20.4. The van der Waals surface area contributed by atoms with Crippen LogP contribution in [0.5, 0.6) is 5.88 Å². The van der Waals surface area contributed by atoms with Crippen LogP contribution in [0.1, 0.15) is 37.9 Å². The lowest BCUT2D eigenvalue weighted by Gasteiger charge is -2.16. The molecule has 0 spiro atoms. The quantitative estimate of drug-likeness (QED) is 0.396. The van der Waals surface area contributed by atoms with Gasteiger partial charge in [0, 0.05) is 13.6 Å². The zero-order valence-corrected chi connectivity index (χ0v) is 17.7. The second-order valence-electron chi connectivity index (χ2n) is 6.50. The van der Waals surface area contributed by atoms with E-state index in [-0.39, 0.29) is 6.10 Å². The molecule has 26 heavy (non-hydrogen) atoms. The van der Waals surface area contributed by atoms with E-state index in [1.807, 2.05) is 31.3 Å². The first-order chi connectivity index (χ1) is 12.5. The summed E-state index contributed by atoms with van der Waals surface area (Å²) < 4.78 is 6.88. The highest BCUT2D eigenvalue weighted by atomic mass is 79.9. The molecule has 1 atom stereocenters. The Bertz CT molecular complexity index is 719. The molecule has 2 aromatic rings. The second-order valence-corrected chi connectivity index (χ2v) is 7.36. The number of aliphatic imine (C=N–C) groups is 1. The smallest absolute Gasteiger partial charge is 0.228 e. The highest BCUT2D eigenvalue weighted by molar-refractivity contribution is 9.10. The van der Waals surface area contributed by atoms with E-state index >= 15 is 0 Å². The number of rotatable bonds is 9. The molecule has 0 aliphatic rings. The van der Waals surface area contributed by atoms with E-state index in [2.05, 4.69) is 70.1 Å². The molecule has 4 nitrogen and oxygen atoms in total. The van der Waals surface area contributed by atoms with Gasteiger partial charge in [-0.2, -0.15) is 0 Å². The van der Waals surface area contributed by atoms with Crippen molar-refractivity contribution in [3.8, 4) is 5.88 Å². The summed E-state index contributed by atoms with van der Waals surface area (Å²) in [4.78, 5) is 11.1. The topological polar surface area (TPSA) is 37.7 Å². The third-order valence-electron chi connectivity index (χ3n) is 4.23. The van der Waals surface area contributed by atoms with Gasteiger partial charge >= 0.3 is 0 Å². The van der Waals surface area contributed by atoms with E-state index in [9.17, 15) is 0 Å². The van der Waals surface area contributed by atoms with Crippen LogP contribution in [-0.2, 0) is 6.42 Å². The van der Waals surface area contributed by atoms with Crippen molar-refractivity contribution in [1.82, 2.24) is 9.88 Å². The van der Waals surface area contributed by atoms with Gasteiger partial charge in [-0.3, -0.25) is 0 Å². The Morgan fingerprint density at radius 3 is 2.73 bits per heavy atom. The number of aryl methyl sites for hydroxylation is 2. The molecule has 2 rings (SSSR count). The first-order valence-corrected chi connectivity index (χ1v) is 9.91. The van der Waals surface area contributed by atoms with Crippen molar-refractivity contribution in [3.63, 3.8) is 0 Å². The van der Waals surface area contributed by atoms with Gasteiger partial charge in [-0.25, -0.2) is 9.98 Å². The molecule has 0 aliphatic heterocycles. The molecule has 0 bridgehead atoms. The molecule has 0 amide bonds. The fourth-order valence-electron chi connectivity index (χ4n) is 2.49. The van der Waals surface area contributed by atoms with Crippen molar-refractivity contribution < 1.29 is 4.74 Å². The predicted molar refractivity (Wildman–Crippen MR) is 113 cm³/mol. The standard InChI is InChI=1S/C21H28BrN3O/c1-5-25(4)15-23-20-14-19(22)21(24-17(20)3)26-16(2)10-9-13-18-11-7-6-8-12-18/h6-8,11-12,14-16H,5,9-10,13H2,1-4H3/b23-15+. The van der Waals surface area contributed by atoms with Gasteiger partial charge in [0.1, 0.15) is 0 Å². The van der Waals surface area contributed by atoms with Crippen LogP contribution in [0, 0.1) is 6.92 Å². The van der Waals surface area contributed by atoms with Gasteiger partial charge in [-0.05, 0) is 67.6 Å². The van der Waals surface area contributed by atoms with Crippen molar-refractivity contribution in [2.75, 3.05) is 13.6 Å². The second kappa shape index (κ2) is 10.3. The molecule has 0 saturated heterocycles. The zero-order chi connectivity index (χ0) is 18.9. The Labute approximate surface area is 165 Å². The molecule has 1 heterocycles. The number of nitrogens with zero attached hydrogens (tertiary/aromatic N) is 3. The maximum Gasteiger partial charge on any atom is 0.228 e. The molecule has 1 unspecified atom stereocenters. The molecule has 0 fully saturated rings. The average molecular weight is 418 g/mol. The molecule has 1 aromatic heterocycles. The third kappa shape index (κ3) is 6.45. The van der Waals surface area contributed by atoms with Gasteiger partial charge in [-0.1, -0.05) is 30.3 Å². The molecule has 1 aromatic carbocycles. The number of aromatic nitrogens is 1. The summed E-state index contributed by atoms with van der Waals surface area (Å²) in [6.07, 6.45) is 5.09. The number of pyridine rings is 1. The molecule has 0 N–H and O–H groups in total. The summed E-state index contributed by atoms with van der Waals surface area (Å²) >= 11 is 3.56. The van der Waals surface area contributed by atoms with Crippen molar-refractivity contribution >= 4 is 28.0 Å². The molecule has 0 radical (unpaired) electrons. The van der Waals surface area contributed by atoms with Gasteiger partial charge in [0.15, 0.2) is 0 Å². The Balaban J connectivity index is 1.92. The van der Waals surface area contributed by atoms with E-state index in [0.29, 0.717) is 5.88 Å². The lowest BCUT2D eigenvalue weighted by Crippen LogP contribution is -2.14. The third-order valence-corrected chi connectivity index (χ3v) is 4.80. The first-order valence-electron chi connectivity index (χ1n) is 9.11. The van der Waals surface area contributed by atoms with Crippen LogP contribution in [0.4, 0.5) is 5.69 Å². The Hall–Kier alpha value is -1.88. The monoisotopic (exact) mass is 417 g/mol. The number of hydrogen-bond donors (Lipinski definition) is 0. The van der Waals surface area contributed by atoms with Gasteiger partial charge in [0.25, 0.3) is 0 Å². The molecular weight excluding hydrogens is 390 g/mol. The molecular formula is C21H28BrN3O. The number of benzene rings is 1. The molecule has 0 aliphatic carbocycles. The van der Waals surface area contributed by atoms with Crippen LogP contribution < -0.4 is 4.74 Å². The maximum absolute atomic E-state index is 6.05. The van der Waals surface area contributed by atoms with Gasteiger partial charge in [0.2, 0.25) is 5.88 Å². The summed E-state index contributed by atoms with van der Waals surface area (Å²) in [5, 5.41) is 0. The zero-order valence-electron chi connectivity index (χ0n) is 16.1. The molecule has 5 heteroatoms.